The third-order valence-corrected chi connectivity index (χ3v) is 3.82. The Kier molecular flexibility index (Phi) is 8.88. The lowest BCUT2D eigenvalue weighted by atomic mass is 9.98. The van der Waals surface area contributed by atoms with Gasteiger partial charge in [-0.1, -0.05) is 36.4 Å². The third kappa shape index (κ3) is 9.17. The minimum Gasteiger partial charge on any atom is -0.461 e. The van der Waals surface area contributed by atoms with E-state index in [0.717, 1.165) is 11.6 Å². The Labute approximate surface area is 163 Å². The van der Waals surface area contributed by atoms with Gasteiger partial charge in [-0.05, 0) is 52.2 Å². The third-order valence-electron chi connectivity index (χ3n) is 3.82. The second-order valence-corrected chi connectivity index (χ2v) is 7.49. The van der Waals surface area contributed by atoms with Crippen molar-refractivity contribution in [1.82, 2.24) is 0 Å². The molecule has 0 radical (unpaired) electrons. The summed E-state index contributed by atoms with van der Waals surface area (Å²) in [5.41, 5.74) is 0.300. The molecule has 0 saturated carbocycles. The highest BCUT2D eigenvalue weighted by atomic mass is 19.4. The van der Waals surface area contributed by atoms with Gasteiger partial charge in [0.1, 0.15) is 6.61 Å². The SMILES string of the molecule is C[C@@H](C(=O)OCc1ccccc1)[C@@H](CC/C=C/C(=O)C(F)(F)F)OC(C)(C)C. The van der Waals surface area contributed by atoms with Gasteiger partial charge in [0.05, 0.1) is 17.6 Å². The van der Waals surface area contributed by atoms with Gasteiger partial charge in [-0.15, -0.1) is 0 Å². The molecule has 0 bridgehead atoms. The summed E-state index contributed by atoms with van der Waals surface area (Å²) >= 11 is 0. The first-order chi connectivity index (χ1) is 12.9. The van der Waals surface area contributed by atoms with E-state index in [1.807, 2.05) is 51.1 Å². The van der Waals surface area contributed by atoms with Crippen LogP contribution in [0.1, 0.15) is 46.1 Å². The summed E-state index contributed by atoms with van der Waals surface area (Å²) in [4.78, 5) is 23.3. The van der Waals surface area contributed by atoms with Crippen molar-refractivity contribution >= 4 is 11.8 Å². The number of carbonyl (C=O) groups is 2. The van der Waals surface area contributed by atoms with Crippen molar-refractivity contribution in [2.45, 2.75) is 65.0 Å². The van der Waals surface area contributed by atoms with Crippen LogP contribution in [0.4, 0.5) is 13.2 Å². The molecule has 0 saturated heterocycles. The van der Waals surface area contributed by atoms with Crippen molar-refractivity contribution in [2.24, 2.45) is 5.92 Å². The van der Waals surface area contributed by atoms with Gasteiger partial charge in [0.2, 0.25) is 0 Å². The van der Waals surface area contributed by atoms with Gasteiger partial charge in [-0.3, -0.25) is 9.59 Å². The maximum atomic E-state index is 12.4. The lowest BCUT2D eigenvalue weighted by Gasteiger charge is -2.30. The molecule has 0 amide bonds. The molecular weight excluding hydrogens is 373 g/mol. The summed E-state index contributed by atoms with van der Waals surface area (Å²) in [6.07, 6.45) is -3.34. The fourth-order valence-corrected chi connectivity index (χ4v) is 2.42. The van der Waals surface area contributed by atoms with Crippen LogP contribution in [0.5, 0.6) is 0 Å². The summed E-state index contributed by atoms with van der Waals surface area (Å²) in [5.74, 6) is -2.97. The van der Waals surface area contributed by atoms with Crippen LogP contribution in [0, 0.1) is 5.92 Å². The van der Waals surface area contributed by atoms with Gasteiger partial charge in [0.15, 0.2) is 0 Å². The van der Waals surface area contributed by atoms with Crippen molar-refractivity contribution in [3.05, 3.63) is 48.0 Å². The van der Waals surface area contributed by atoms with Crippen molar-refractivity contribution in [3.63, 3.8) is 0 Å². The van der Waals surface area contributed by atoms with Gasteiger partial charge < -0.3 is 9.47 Å². The van der Waals surface area contributed by atoms with Gasteiger partial charge in [-0.25, -0.2) is 0 Å². The second-order valence-electron chi connectivity index (χ2n) is 7.49. The molecule has 1 rings (SSSR count). The number of halogens is 3. The van der Waals surface area contributed by atoms with Crippen LogP contribution in [0.25, 0.3) is 0 Å². The lowest BCUT2D eigenvalue weighted by molar-refractivity contribution is -0.165. The predicted octanol–water partition coefficient (Wildman–Crippen LogP) is 5.02. The number of ether oxygens (including phenoxy) is 2. The zero-order valence-electron chi connectivity index (χ0n) is 16.6. The van der Waals surface area contributed by atoms with Gasteiger partial charge >= 0.3 is 12.1 Å². The molecule has 0 aliphatic rings. The lowest BCUT2D eigenvalue weighted by Crippen LogP contribution is -2.36. The molecule has 0 aromatic heterocycles. The number of esters is 1. The Morgan fingerprint density at radius 1 is 1.11 bits per heavy atom. The van der Waals surface area contributed by atoms with E-state index in [4.69, 9.17) is 9.47 Å². The molecule has 2 atom stereocenters. The number of ketones is 1. The van der Waals surface area contributed by atoms with Crippen LogP contribution in [0.15, 0.2) is 42.5 Å². The molecule has 7 heteroatoms. The topological polar surface area (TPSA) is 52.6 Å². The molecule has 156 valence electrons. The highest BCUT2D eigenvalue weighted by Gasteiger charge is 2.36. The number of benzene rings is 1. The van der Waals surface area contributed by atoms with E-state index in [1.54, 1.807) is 6.92 Å². The van der Waals surface area contributed by atoms with E-state index in [0.29, 0.717) is 6.08 Å². The molecule has 1 aromatic carbocycles. The highest BCUT2D eigenvalue weighted by Crippen LogP contribution is 2.23. The number of alkyl halides is 3. The van der Waals surface area contributed by atoms with Gasteiger partial charge in [0, 0.05) is 0 Å². The minimum absolute atomic E-state index is 0.131. The molecule has 28 heavy (non-hydrogen) atoms. The van der Waals surface area contributed by atoms with Crippen molar-refractivity contribution in [2.75, 3.05) is 0 Å². The zero-order chi connectivity index (χ0) is 21.4. The average Bonchev–Trinajstić information content (AvgIpc) is 2.60. The second kappa shape index (κ2) is 10.4. The molecule has 0 unspecified atom stereocenters. The Bertz CT molecular complexity index is 660. The molecule has 0 heterocycles. The van der Waals surface area contributed by atoms with E-state index < -0.39 is 35.6 Å². The van der Waals surface area contributed by atoms with Crippen molar-refractivity contribution in [1.29, 1.82) is 0 Å². The first-order valence-corrected chi connectivity index (χ1v) is 9.06. The monoisotopic (exact) mass is 400 g/mol. The number of rotatable bonds is 9. The van der Waals surface area contributed by atoms with E-state index >= 15 is 0 Å². The maximum Gasteiger partial charge on any atom is 0.454 e. The van der Waals surface area contributed by atoms with Crippen LogP contribution in [0.2, 0.25) is 0 Å². The highest BCUT2D eigenvalue weighted by molar-refractivity contribution is 5.94. The largest absolute Gasteiger partial charge is 0.461 e. The molecule has 0 N–H and O–H groups in total. The summed E-state index contributed by atoms with van der Waals surface area (Å²) in [5, 5.41) is 0. The number of hydrogen-bond acceptors (Lipinski definition) is 4. The molecule has 0 aliphatic carbocycles. The molecule has 4 nitrogen and oxygen atoms in total. The molecule has 0 aliphatic heterocycles. The smallest absolute Gasteiger partial charge is 0.454 e. The standard InChI is InChI=1S/C21H27F3O4/c1-15(19(26)27-14-16-10-6-5-7-11-16)17(28-20(2,3)4)12-8-9-13-18(25)21(22,23)24/h5-7,9-11,13,15,17H,8,12,14H2,1-4H3/b13-9+/t15-,17-/m1/s1. The number of carbonyl (C=O) groups excluding carboxylic acids is 2. The Hall–Kier alpha value is -2.15. The number of allylic oxidation sites excluding steroid dienone is 2. The summed E-state index contributed by atoms with van der Waals surface area (Å²) < 4.78 is 47.9. The fourth-order valence-electron chi connectivity index (χ4n) is 2.42. The van der Waals surface area contributed by atoms with Gasteiger partial charge in [-0.2, -0.15) is 13.2 Å². The summed E-state index contributed by atoms with van der Waals surface area (Å²) in [6, 6.07) is 9.21. The van der Waals surface area contributed by atoms with Crippen LogP contribution >= 0.6 is 0 Å². The van der Waals surface area contributed by atoms with E-state index in [9.17, 15) is 22.8 Å². The Balaban J connectivity index is 2.67. The molecule has 0 fully saturated rings. The zero-order valence-corrected chi connectivity index (χ0v) is 16.6. The minimum atomic E-state index is -4.88. The summed E-state index contributed by atoms with van der Waals surface area (Å²) in [6.45, 7) is 7.27. The quantitative estimate of drug-likeness (QED) is 0.432. The summed E-state index contributed by atoms with van der Waals surface area (Å²) in [7, 11) is 0. The first-order valence-electron chi connectivity index (χ1n) is 9.06. The Morgan fingerprint density at radius 3 is 2.25 bits per heavy atom. The molecule has 0 spiro atoms. The van der Waals surface area contributed by atoms with Gasteiger partial charge in [0.25, 0.3) is 5.78 Å². The average molecular weight is 400 g/mol. The van der Waals surface area contributed by atoms with Crippen LogP contribution in [-0.2, 0) is 25.7 Å². The first kappa shape index (κ1) is 23.9. The van der Waals surface area contributed by atoms with E-state index in [-0.39, 0.29) is 19.4 Å². The predicted molar refractivity (Wildman–Crippen MR) is 99.5 cm³/mol. The maximum absolute atomic E-state index is 12.4. The number of hydrogen-bond donors (Lipinski definition) is 0. The Morgan fingerprint density at radius 2 is 1.71 bits per heavy atom. The van der Waals surface area contributed by atoms with E-state index in [1.165, 1.54) is 0 Å². The van der Waals surface area contributed by atoms with Crippen molar-refractivity contribution < 1.29 is 32.2 Å². The molecule has 1 aromatic rings. The molecular formula is C21H27F3O4. The van der Waals surface area contributed by atoms with Crippen LogP contribution in [-0.4, -0.2) is 29.6 Å². The fraction of sp³-hybridized carbons (Fsp3) is 0.524. The van der Waals surface area contributed by atoms with Crippen LogP contribution < -0.4 is 0 Å². The normalized spacial score (nSPS) is 14.7. The van der Waals surface area contributed by atoms with E-state index in [2.05, 4.69) is 0 Å². The van der Waals surface area contributed by atoms with Crippen LogP contribution in [0.3, 0.4) is 0 Å². The van der Waals surface area contributed by atoms with Crippen molar-refractivity contribution in [3.8, 4) is 0 Å².